The molecular weight excluding hydrogens is 248 g/mol. The maximum Gasteiger partial charge on any atom is 0.255 e. The molecule has 98 valence electrons. The molecule has 0 saturated heterocycles. The van der Waals surface area contributed by atoms with Crippen molar-refractivity contribution in [2.24, 2.45) is 0 Å². The van der Waals surface area contributed by atoms with Crippen LogP contribution < -0.4 is 5.32 Å². The van der Waals surface area contributed by atoms with Crippen molar-refractivity contribution in [2.75, 3.05) is 5.32 Å². The second kappa shape index (κ2) is 5.13. The molecular formula is C17H14N2O. The highest BCUT2D eigenvalue weighted by molar-refractivity contribution is 6.09. The van der Waals surface area contributed by atoms with Gasteiger partial charge >= 0.3 is 0 Å². The Hall–Kier alpha value is -2.68. The molecule has 0 radical (unpaired) electrons. The van der Waals surface area contributed by atoms with E-state index in [1.165, 1.54) is 0 Å². The van der Waals surface area contributed by atoms with Crippen molar-refractivity contribution in [1.29, 1.82) is 0 Å². The molecule has 3 aromatic rings. The van der Waals surface area contributed by atoms with Crippen LogP contribution in [0.2, 0.25) is 0 Å². The second-order valence-corrected chi connectivity index (χ2v) is 4.68. The summed E-state index contributed by atoms with van der Waals surface area (Å²) in [6.45, 7) is 1.99. The second-order valence-electron chi connectivity index (χ2n) is 4.68. The van der Waals surface area contributed by atoms with Crippen LogP contribution in [0.3, 0.4) is 0 Å². The number of carbonyl (C=O) groups excluding carboxylic acids is 1. The van der Waals surface area contributed by atoms with Gasteiger partial charge in [-0.05, 0) is 30.7 Å². The van der Waals surface area contributed by atoms with E-state index in [1.807, 2.05) is 43.3 Å². The predicted octanol–water partition coefficient (Wildman–Crippen LogP) is 3.80. The Morgan fingerprint density at radius 2 is 1.80 bits per heavy atom. The smallest absolute Gasteiger partial charge is 0.255 e. The Morgan fingerprint density at radius 1 is 1.00 bits per heavy atom. The summed E-state index contributed by atoms with van der Waals surface area (Å²) in [5.74, 6) is -0.102. The van der Waals surface area contributed by atoms with E-state index in [2.05, 4.69) is 10.3 Å². The number of aryl methyl sites for hydroxylation is 1. The van der Waals surface area contributed by atoms with Crippen molar-refractivity contribution in [3.63, 3.8) is 0 Å². The summed E-state index contributed by atoms with van der Waals surface area (Å²) >= 11 is 0. The minimum atomic E-state index is -0.102. The maximum atomic E-state index is 12.2. The molecule has 0 spiro atoms. The van der Waals surface area contributed by atoms with Crippen LogP contribution in [0, 0.1) is 6.92 Å². The lowest BCUT2D eigenvalue weighted by atomic mass is 10.1. The number of hydrogen-bond acceptors (Lipinski definition) is 2. The molecule has 3 rings (SSSR count). The monoisotopic (exact) mass is 262 g/mol. The van der Waals surface area contributed by atoms with Gasteiger partial charge in [0.1, 0.15) is 0 Å². The first-order valence-corrected chi connectivity index (χ1v) is 6.45. The van der Waals surface area contributed by atoms with Gasteiger partial charge in [0.2, 0.25) is 0 Å². The quantitative estimate of drug-likeness (QED) is 0.763. The standard InChI is InChI=1S/C17H14N2O/c1-12-10-18-11-14-8-5-9-15(16(12)14)19-17(20)13-6-3-2-4-7-13/h2-11H,1H3,(H,19,20). The summed E-state index contributed by atoms with van der Waals surface area (Å²) in [6.07, 6.45) is 3.61. The number of fused-ring (bicyclic) bond motifs is 1. The molecule has 1 amide bonds. The number of anilines is 1. The summed E-state index contributed by atoms with van der Waals surface area (Å²) in [6, 6.07) is 15.0. The van der Waals surface area contributed by atoms with Crippen molar-refractivity contribution in [1.82, 2.24) is 4.98 Å². The van der Waals surface area contributed by atoms with Crippen LogP contribution in [0.25, 0.3) is 10.8 Å². The molecule has 0 aliphatic heterocycles. The van der Waals surface area contributed by atoms with Gasteiger partial charge in [-0.25, -0.2) is 0 Å². The lowest BCUT2D eigenvalue weighted by Gasteiger charge is -2.10. The fourth-order valence-corrected chi connectivity index (χ4v) is 2.30. The van der Waals surface area contributed by atoms with Crippen LogP contribution in [0.5, 0.6) is 0 Å². The minimum absolute atomic E-state index is 0.102. The number of aromatic nitrogens is 1. The number of carbonyl (C=O) groups is 1. The third-order valence-corrected chi connectivity index (χ3v) is 3.26. The normalized spacial score (nSPS) is 10.4. The Bertz CT molecular complexity index is 761. The Labute approximate surface area is 117 Å². The molecule has 0 fully saturated rings. The number of hydrogen-bond donors (Lipinski definition) is 1. The first-order valence-electron chi connectivity index (χ1n) is 6.45. The number of rotatable bonds is 2. The van der Waals surface area contributed by atoms with Crippen LogP contribution in [0.15, 0.2) is 60.9 Å². The first kappa shape index (κ1) is 12.4. The molecule has 0 atom stereocenters. The van der Waals surface area contributed by atoms with Gasteiger partial charge in [0.15, 0.2) is 0 Å². The van der Waals surface area contributed by atoms with Gasteiger partial charge in [0.05, 0.1) is 0 Å². The molecule has 1 N–H and O–H groups in total. The van der Waals surface area contributed by atoms with E-state index in [0.717, 1.165) is 22.0 Å². The van der Waals surface area contributed by atoms with Crippen LogP contribution in [-0.2, 0) is 0 Å². The molecule has 2 aromatic carbocycles. The third kappa shape index (κ3) is 2.26. The molecule has 20 heavy (non-hydrogen) atoms. The van der Waals surface area contributed by atoms with E-state index >= 15 is 0 Å². The van der Waals surface area contributed by atoms with Gasteiger partial charge in [-0.2, -0.15) is 0 Å². The van der Waals surface area contributed by atoms with Crippen molar-refractivity contribution >= 4 is 22.4 Å². The molecule has 0 saturated carbocycles. The van der Waals surface area contributed by atoms with E-state index in [1.54, 1.807) is 24.5 Å². The minimum Gasteiger partial charge on any atom is -0.321 e. The van der Waals surface area contributed by atoms with E-state index < -0.39 is 0 Å². The summed E-state index contributed by atoms with van der Waals surface area (Å²) in [5.41, 5.74) is 2.51. The highest BCUT2D eigenvalue weighted by Gasteiger charge is 2.09. The molecule has 1 heterocycles. The molecule has 0 unspecified atom stereocenters. The topological polar surface area (TPSA) is 42.0 Å². The molecule has 3 heteroatoms. The average Bonchev–Trinajstić information content (AvgIpc) is 2.48. The third-order valence-electron chi connectivity index (χ3n) is 3.26. The van der Waals surface area contributed by atoms with Gasteiger partial charge < -0.3 is 5.32 Å². The van der Waals surface area contributed by atoms with Gasteiger partial charge in [0.25, 0.3) is 5.91 Å². The van der Waals surface area contributed by atoms with Crippen molar-refractivity contribution < 1.29 is 4.79 Å². The zero-order chi connectivity index (χ0) is 13.9. The molecule has 0 aliphatic rings. The van der Waals surface area contributed by atoms with Crippen LogP contribution in [0.1, 0.15) is 15.9 Å². The van der Waals surface area contributed by atoms with E-state index in [9.17, 15) is 4.79 Å². The van der Waals surface area contributed by atoms with Crippen LogP contribution in [0.4, 0.5) is 5.69 Å². The van der Waals surface area contributed by atoms with Crippen LogP contribution in [-0.4, -0.2) is 10.9 Å². The number of benzene rings is 2. The van der Waals surface area contributed by atoms with Crippen molar-refractivity contribution in [3.8, 4) is 0 Å². The number of nitrogens with zero attached hydrogens (tertiary/aromatic N) is 1. The predicted molar refractivity (Wildman–Crippen MR) is 80.9 cm³/mol. The molecule has 0 bridgehead atoms. The number of pyridine rings is 1. The lowest BCUT2D eigenvalue weighted by molar-refractivity contribution is 0.102. The lowest BCUT2D eigenvalue weighted by Crippen LogP contribution is -2.12. The number of nitrogens with one attached hydrogen (secondary N) is 1. The van der Waals surface area contributed by atoms with Gasteiger partial charge in [-0.3, -0.25) is 9.78 Å². The zero-order valence-electron chi connectivity index (χ0n) is 11.1. The SMILES string of the molecule is Cc1cncc2cccc(NC(=O)c3ccccc3)c12. The Kier molecular flexibility index (Phi) is 3.17. The molecule has 1 aromatic heterocycles. The summed E-state index contributed by atoms with van der Waals surface area (Å²) in [7, 11) is 0. The fraction of sp³-hybridized carbons (Fsp3) is 0.0588. The van der Waals surface area contributed by atoms with Crippen molar-refractivity contribution in [3.05, 3.63) is 72.1 Å². The van der Waals surface area contributed by atoms with Gasteiger partial charge in [-0.15, -0.1) is 0 Å². The Morgan fingerprint density at radius 3 is 2.60 bits per heavy atom. The summed E-state index contributed by atoms with van der Waals surface area (Å²) in [4.78, 5) is 16.4. The van der Waals surface area contributed by atoms with E-state index in [4.69, 9.17) is 0 Å². The van der Waals surface area contributed by atoms with Crippen molar-refractivity contribution in [2.45, 2.75) is 6.92 Å². The molecule has 3 nitrogen and oxygen atoms in total. The molecule has 0 aliphatic carbocycles. The fourth-order valence-electron chi connectivity index (χ4n) is 2.30. The number of amides is 1. The summed E-state index contributed by atoms with van der Waals surface area (Å²) in [5, 5.41) is 5.03. The van der Waals surface area contributed by atoms with Gasteiger partial charge in [0, 0.05) is 34.4 Å². The van der Waals surface area contributed by atoms with E-state index in [0.29, 0.717) is 5.56 Å². The maximum absolute atomic E-state index is 12.2. The largest absolute Gasteiger partial charge is 0.321 e. The Balaban J connectivity index is 2.02. The summed E-state index contributed by atoms with van der Waals surface area (Å²) < 4.78 is 0. The van der Waals surface area contributed by atoms with Gasteiger partial charge in [-0.1, -0.05) is 30.3 Å². The van der Waals surface area contributed by atoms with E-state index in [-0.39, 0.29) is 5.91 Å². The first-order chi connectivity index (χ1) is 9.75. The average molecular weight is 262 g/mol. The zero-order valence-corrected chi connectivity index (χ0v) is 11.1. The highest BCUT2D eigenvalue weighted by atomic mass is 16.1. The highest BCUT2D eigenvalue weighted by Crippen LogP contribution is 2.26. The van der Waals surface area contributed by atoms with Crippen LogP contribution >= 0.6 is 0 Å².